The van der Waals surface area contributed by atoms with Gasteiger partial charge < -0.3 is 16.4 Å². The molecule has 1 atom stereocenters. The smallest absolute Gasteiger partial charge is 0.252 e. The van der Waals surface area contributed by atoms with Gasteiger partial charge in [0.15, 0.2) is 0 Å². The fourth-order valence-corrected chi connectivity index (χ4v) is 4.09. The van der Waals surface area contributed by atoms with Crippen molar-refractivity contribution in [1.82, 2.24) is 20.2 Å². The van der Waals surface area contributed by atoms with Gasteiger partial charge in [0.25, 0.3) is 5.91 Å². The molecule has 0 spiro atoms. The Morgan fingerprint density at radius 1 is 1.03 bits per heavy atom. The molecule has 4 rings (SSSR count). The highest BCUT2D eigenvalue weighted by Gasteiger charge is 2.16. The number of nitrogens with two attached hydrogens (primary N) is 1. The Balaban J connectivity index is 1.59. The van der Waals surface area contributed by atoms with Crippen molar-refractivity contribution in [2.75, 3.05) is 25.1 Å². The molecule has 1 saturated carbocycles. The van der Waals surface area contributed by atoms with Crippen molar-refractivity contribution < 1.29 is 4.79 Å². The molecule has 3 aromatic rings. The lowest BCUT2D eigenvalue weighted by Gasteiger charge is -2.24. The first-order chi connectivity index (χ1) is 15.4. The van der Waals surface area contributed by atoms with Crippen molar-refractivity contribution >= 4 is 28.6 Å². The highest BCUT2D eigenvalue weighted by molar-refractivity contribution is 5.96. The molecule has 1 amide bonds. The molecule has 7 nitrogen and oxygen atoms in total. The second-order valence-electron chi connectivity index (χ2n) is 8.83. The molecule has 4 N–H and O–H groups in total. The highest BCUT2D eigenvalue weighted by Crippen LogP contribution is 2.30. The van der Waals surface area contributed by atoms with Crippen LogP contribution in [0.2, 0.25) is 0 Å². The lowest BCUT2D eigenvalue weighted by molar-refractivity contribution is 0.0900. The number of amides is 1. The zero-order chi connectivity index (χ0) is 22.7. The minimum Gasteiger partial charge on any atom is -0.368 e. The van der Waals surface area contributed by atoms with Gasteiger partial charge in [0, 0.05) is 17.0 Å². The second-order valence-corrected chi connectivity index (χ2v) is 8.83. The van der Waals surface area contributed by atoms with E-state index in [2.05, 4.69) is 26.7 Å². The molecule has 0 bridgehead atoms. The SMILES string of the molecule is CC(NC(=O)c1ccc(-c2ccc3nc(N)nc(NC4CCCCC4)c3c2)cc1)N(C)C. The topological polar surface area (TPSA) is 96.2 Å². The van der Waals surface area contributed by atoms with Gasteiger partial charge in [0.2, 0.25) is 5.95 Å². The summed E-state index contributed by atoms with van der Waals surface area (Å²) in [5.74, 6) is 1.000. The Hall–Kier alpha value is -3.19. The van der Waals surface area contributed by atoms with Crippen LogP contribution in [0.3, 0.4) is 0 Å². The van der Waals surface area contributed by atoms with Crippen LogP contribution in [-0.2, 0) is 0 Å². The minimum atomic E-state index is -0.0842. The molecule has 1 fully saturated rings. The van der Waals surface area contributed by atoms with Gasteiger partial charge in [0.05, 0.1) is 11.7 Å². The van der Waals surface area contributed by atoms with Crippen LogP contribution in [0.15, 0.2) is 42.5 Å². The van der Waals surface area contributed by atoms with Crippen molar-refractivity contribution in [1.29, 1.82) is 0 Å². The van der Waals surface area contributed by atoms with E-state index < -0.39 is 0 Å². The maximum absolute atomic E-state index is 12.5. The van der Waals surface area contributed by atoms with E-state index in [4.69, 9.17) is 5.73 Å². The number of anilines is 2. The number of nitrogens with one attached hydrogen (secondary N) is 2. The number of hydrogen-bond acceptors (Lipinski definition) is 6. The molecule has 7 heteroatoms. The van der Waals surface area contributed by atoms with Crippen molar-refractivity contribution in [2.45, 2.75) is 51.2 Å². The van der Waals surface area contributed by atoms with Gasteiger partial charge in [-0.3, -0.25) is 9.69 Å². The van der Waals surface area contributed by atoms with Gasteiger partial charge in [0.1, 0.15) is 5.82 Å². The average Bonchev–Trinajstić information content (AvgIpc) is 2.79. The van der Waals surface area contributed by atoms with E-state index in [1.54, 1.807) is 0 Å². The van der Waals surface area contributed by atoms with E-state index in [9.17, 15) is 4.79 Å². The number of aromatic nitrogens is 2. The summed E-state index contributed by atoms with van der Waals surface area (Å²) in [4.78, 5) is 23.3. The van der Waals surface area contributed by atoms with Crippen LogP contribution in [0.4, 0.5) is 11.8 Å². The van der Waals surface area contributed by atoms with Crippen molar-refractivity contribution in [3.8, 4) is 11.1 Å². The maximum atomic E-state index is 12.5. The number of hydrogen-bond donors (Lipinski definition) is 3. The monoisotopic (exact) mass is 432 g/mol. The van der Waals surface area contributed by atoms with E-state index >= 15 is 0 Å². The molecule has 1 aliphatic rings. The van der Waals surface area contributed by atoms with Crippen LogP contribution < -0.4 is 16.4 Å². The fourth-order valence-electron chi connectivity index (χ4n) is 4.09. The molecule has 0 aliphatic heterocycles. The summed E-state index contributed by atoms with van der Waals surface area (Å²) in [7, 11) is 3.87. The van der Waals surface area contributed by atoms with Crippen LogP contribution >= 0.6 is 0 Å². The molecule has 32 heavy (non-hydrogen) atoms. The molecule has 1 unspecified atom stereocenters. The van der Waals surface area contributed by atoms with E-state index in [1.165, 1.54) is 19.3 Å². The van der Waals surface area contributed by atoms with E-state index in [0.717, 1.165) is 40.7 Å². The molecule has 0 radical (unpaired) electrons. The predicted octanol–water partition coefficient (Wildman–Crippen LogP) is 4.26. The van der Waals surface area contributed by atoms with Crippen molar-refractivity contribution in [3.05, 3.63) is 48.0 Å². The number of carbonyl (C=O) groups excluding carboxylic acids is 1. The Morgan fingerprint density at radius 2 is 1.72 bits per heavy atom. The third-order valence-electron chi connectivity index (χ3n) is 6.25. The lowest BCUT2D eigenvalue weighted by Crippen LogP contribution is -2.42. The first kappa shape index (κ1) is 22.0. The molecule has 1 aromatic heterocycles. The predicted molar refractivity (Wildman–Crippen MR) is 130 cm³/mol. The number of fused-ring (bicyclic) bond motifs is 1. The summed E-state index contributed by atoms with van der Waals surface area (Å²) in [5, 5.41) is 7.55. The van der Waals surface area contributed by atoms with Crippen molar-refractivity contribution in [3.63, 3.8) is 0 Å². The van der Waals surface area contributed by atoms with Crippen LogP contribution in [0.25, 0.3) is 22.0 Å². The number of nitrogen functional groups attached to an aromatic ring is 1. The quantitative estimate of drug-likeness (QED) is 0.504. The normalized spacial score (nSPS) is 15.6. The van der Waals surface area contributed by atoms with Crippen LogP contribution in [0.5, 0.6) is 0 Å². The molecule has 0 saturated heterocycles. The number of rotatable bonds is 6. The molecule has 1 aliphatic carbocycles. The first-order valence-electron chi connectivity index (χ1n) is 11.3. The van der Waals surface area contributed by atoms with Gasteiger partial charge in [-0.15, -0.1) is 0 Å². The van der Waals surface area contributed by atoms with Gasteiger partial charge in [-0.25, -0.2) is 4.98 Å². The zero-order valence-corrected chi connectivity index (χ0v) is 19.1. The Morgan fingerprint density at radius 3 is 2.41 bits per heavy atom. The van der Waals surface area contributed by atoms with Crippen LogP contribution in [-0.4, -0.2) is 47.1 Å². The summed E-state index contributed by atoms with van der Waals surface area (Å²) in [6, 6.07) is 14.2. The molecule has 168 valence electrons. The molecule has 2 aromatic carbocycles. The summed E-state index contributed by atoms with van der Waals surface area (Å²) in [6.07, 6.45) is 6.06. The van der Waals surface area contributed by atoms with Crippen molar-refractivity contribution in [2.24, 2.45) is 0 Å². The second kappa shape index (κ2) is 9.53. The number of nitrogens with zero attached hydrogens (tertiary/aromatic N) is 3. The highest BCUT2D eigenvalue weighted by atomic mass is 16.1. The first-order valence-corrected chi connectivity index (χ1v) is 11.3. The summed E-state index contributed by atoms with van der Waals surface area (Å²) in [6.45, 7) is 1.95. The van der Waals surface area contributed by atoms with Gasteiger partial charge in [-0.05, 0) is 69.3 Å². The Kier molecular flexibility index (Phi) is 6.55. The van der Waals surface area contributed by atoms with Gasteiger partial charge in [-0.1, -0.05) is 37.5 Å². The largest absolute Gasteiger partial charge is 0.368 e. The standard InChI is InChI=1S/C25H32N6O/c1-16(31(2)3)27-24(32)18-11-9-17(10-12-18)19-13-14-22-21(15-19)23(30-25(26)29-22)28-20-7-5-4-6-8-20/h9-16,20H,4-8H2,1-3H3,(H,27,32)(H3,26,28,29,30). The molecule has 1 heterocycles. The molecular weight excluding hydrogens is 400 g/mol. The third kappa shape index (κ3) is 4.99. The summed E-state index contributed by atoms with van der Waals surface area (Å²) < 4.78 is 0. The maximum Gasteiger partial charge on any atom is 0.252 e. The number of carbonyl (C=O) groups is 1. The minimum absolute atomic E-state index is 0.0369. The van der Waals surface area contributed by atoms with E-state index in [0.29, 0.717) is 11.6 Å². The lowest BCUT2D eigenvalue weighted by atomic mass is 9.95. The van der Waals surface area contributed by atoms with Crippen LogP contribution in [0, 0.1) is 0 Å². The molecular formula is C25H32N6O. The zero-order valence-electron chi connectivity index (χ0n) is 19.1. The average molecular weight is 433 g/mol. The van der Waals surface area contributed by atoms with Gasteiger partial charge >= 0.3 is 0 Å². The number of benzene rings is 2. The Bertz CT molecular complexity index is 1090. The fraction of sp³-hybridized carbons (Fsp3) is 0.400. The summed E-state index contributed by atoms with van der Waals surface area (Å²) >= 11 is 0. The third-order valence-corrected chi connectivity index (χ3v) is 6.25. The van der Waals surface area contributed by atoms with E-state index in [1.807, 2.05) is 62.3 Å². The summed E-state index contributed by atoms with van der Waals surface area (Å²) in [5.41, 5.74) is 9.52. The Labute approximate surface area is 189 Å². The van der Waals surface area contributed by atoms with E-state index in [-0.39, 0.29) is 18.0 Å². The van der Waals surface area contributed by atoms with Crippen LogP contribution in [0.1, 0.15) is 49.4 Å². The van der Waals surface area contributed by atoms with Gasteiger partial charge in [-0.2, -0.15) is 4.98 Å².